The Balaban J connectivity index is 2.40. The molecule has 0 aliphatic rings. The van der Waals surface area contributed by atoms with Gasteiger partial charge < -0.3 is 10.1 Å². The van der Waals surface area contributed by atoms with Crippen molar-refractivity contribution in [1.29, 1.82) is 0 Å². The molecule has 7 heteroatoms. The summed E-state index contributed by atoms with van der Waals surface area (Å²) in [6.45, 7) is 4.10. The number of methoxy groups -OCH3 is 1. The van der Waals surface area contributed by atoms with Gasteiger partial charge in [0, 0.05) is 23.4 Å². The van der Waals surface area contributed by atoms with Crippen molar-refractivity contribution < 1.29 is 19.2 Å². The zero-order chi connectivity index (χ0) is 19.3. The number of hydrogen-bond donors (Lipinski definition) is 1. The van der Waals surface area contributed by atoms with Crippen molar-refractivity contribution in [3.63, 3.8) is 0 Å². The lowest BCUT2D eigenvalue weighted by atomic mass is 9.96. The monoisotopic (exact) mass is 356 g/mol. The molecule has 0 fully saturated rings. The Morgan fingerprint density at radius 2 is 1.85 bits per heavy atom. The summed E-state index contributed by atoms with van der Waals surface area (Å²) in [7, 11) is 1.17. The molecule has 1 amide bonds. The molecular weight excluding hydrogens is 336 g/mol. The van der Waals surface area contributed by atoms with Crippen molar-refractivity contribution in [1.82, 2.24) is 0 Å². The minimum Gasteiger partial charge on any atom is -0.465 e. The number of carbonyl (C=O) groups is 2. The third kappa shape index (κ3) is 4.24. The molecule has 0 aliphatic carbocycles. The van der Waals surface area contributed by atoms with E-state index in [0.29, 0.717) is 5.69 Å². The first-order valence-electron chi connectivity index (χ1n) is 8.15. The zero-order valence-electron chi connectivity index (χ0n) is 14.8. The van der Waals surface area contributed by atoms with E-state index in [2.05, 4.69) is 10.1 Å². The Kier molecular flexibility index (Phi) is 6.06. The number of nitro groups is 1. The maximum atomic E-state index is 12.6. The molecule has 2 aromatic rings. The Hall–Kier alpha value is -3.22. The normalized spacial score (nSPS) is 11.5. The highest BCUT2D eigenvalue weighted by atomic mass is 16.6. The molecule has 0 spiro atoms. The van der Waals surface area contributed by atoms with Crippen LogP contribution in [0, 0.1) is 10.1 Å². The first kappa shape index (κ1) is 19.1. The molecule has 0 saturated carbocycles. The maximum absolute atomic E-state index is 12.6. The van der Waals surface area contributed by atoms with Crippen LogP contribution in [0.3, 0.4) is 0 Å². The first-order chi connectivity index (χ1) is 12.4. The van der Waals surface area contributed by atoms with Gasteiger partial charge in [0.05, 0.1) is 17.6 Å². The minimum absolute atomic E-state index is 0.0126. The van der Waals surface area contributed by atoms with Gasteiger partial charge in [0.15, 0.2) is 0 Å². The van der Waals surface area contributed by atoms with E-state index in [1.165, 1.54) is 13.2 Å². The van der Waals surface area contributed by atoms with Crippen molar-refractivity contribution in [2.45, 2.75) is 26.2 Å². The molecule has 26 heavy (non-hydrogen) atoms. The number of anilines is 1. The molecule has 0 bridgehead atoms. The number of ether oxygens (including phenoxy) is 1. The molecule has 0 heterocycles. The predicted octanol–water partition coefficient (Wildman–Crippen LogP) is 4.15. The number of nitrogens with zero attached hydrogens (tertiary/aromatic N) is 1. The number of nitro benzene ring substituents is 1. The molecule has 0 aromatic heterocycles. The van der Waals surface area contributed by atoms with Crippen molar-refractivity contribution >= 4 is 23.3 Å². The molecule has 0 saturated heterocycles. The zero-order valence-corrected chi connectivity index (χ0v) is 14.8. The summed E-state index contributed by atoms with van der Waals surface area (Å²) in [4.78, 5) is 34.8. The summed E-state index contributed by atoms with van der Waals surface area (Å²) < 4.78 is 4.60. The van der Waals surface area contributed by atoms with Crippen molar-refractivity contribution in [3.8, 4) is 0 Å². The van der Waals surface area contributed by atoms with Crippen molar-refractivity contribution in [3.05, 3.63) is 69.3 Å². The standard InChI is InChI=1S/C19H20N2O5/c1-4-12(2)16-7-5-6-8-17(16)20-18(22)13-9-14(19(23)26-3)11-15(10-13)21(24)25/h5-12H,4H2,1-3H3,(H,20,22)/t12-/m0/s1. The molecular formula is C19H20N2O5. The van der Waals surface area contributed by atoms with Crippen LogP contribution in [0.15, 0.2) is 42.5 Å². The number of carbonyl (C=O) groups excluding carboxylic acids is 2. The van der Waals surface area contributed by atoms with Crippen LogP contribution in [0.4, 0.5) is 11.4 Å². The highest BCUT2D eigenvalue weighted by molar-refractivity contribution is 6.06. The van der Waals surface area contributed by atoms with Crippen molar-refractivity contribution in [2.24, 2.45) is 0 Å². The number of esters is 1. The van der Waals surface area contributed by atoms with Gasteiger partial charge in [-0.2, -0.15) is 0 Å². The highest BCUT2D eigenvalue weighted by Crippen LogP contribution is 2.27. The van der Waals surface area contributed by atoms with Crippen LogP contribution in [0.25, 0.3) is 0 Å². The van der Waals surface area contributed by atoms with Crippen LogP contribution in [0.1, 0.15) is 52.5 Å². The Morgan fingerprint density at radius 3 is 2.46 bits per heavy atom. The topological polar surface area (TPSA) is 98.5 Å². The summed E-state index contributed by atoms with van der Waals surface area (Å²) >= 11 is 0. The van der Waals surface area contributed by atoms with E-state index in [1.807, 2.05) is 26.0 Å². The molecule has 136 valence electrons. The van der Waals surface area contributed by atoms with Gasteiger partial charge >= 0.3 is 5.97 Å². The second kappa shape index (κ2) is 8.24. The fourth-order valence-electron chi connectivity index (χ4n) is 2.54. The Labute approximate surface area is 151 Å². The number of para-hydroxylation sites is 1. The van der Waals surface area contributed by atoms with E-state index >= 15 is 0 Å². The number of rotatable bonds is 6. The van der Waals surface area contributed by atoms with E-state index in [9.17, 15) is 19.7 Å². The van der Waals surface area contributed by atoms with Gasteiger partial charge in [-0.1, -0.05) is 32.0 Å². The molecule has 0 radical (unpaired) electrons. The summed E-state index contributed by atoms with van der Waals surface area (Å²) in [5.74, 6) is -1.04. The van der Waals surface area contributed by atoms with Gasteiger partial charge in [0.2, 0.25) is 0 Å². The van der Waals surface area contributed by atoms with Gasteiger partial charge in [-0.25, -0.2) is 4.79 Å². The first-order valence-corrected chi connectivity index (χ1v) is 8.15. The average Bonchev–Trinajstić information content (AvgIpc) is 2.66. The van der Waals surface area contributed by atoms with Gasteiger partial charge in [0.1, 0.15) is 0 Å². The average molecular weight is 356 g/mol. The molecule has 0 unspecified atom stereocenters. The molecule has 2 rings (SSSR count). The quantitative estimate of drug-likeness (QED) is 0.476. The van der Waals surface area contributed by atoms with Crippen LogP contribution in [-0.4, -0.2) is 23.9 Å². The maximum Gasteiger partial charge on any atom is 0.338 e. The lowest BCUT2D eigenvalue weighted by Gasteiger charge is -2.15. The van der Waals surface area contributed by atoms with Gasteiger partial charge in [0.25, 0.3) is 11.6 Å². The summed E-state index contributed by atoms with van der Waals surface area (Å²) in [5, 5.41) is 13.9. The lowest BCUT2D eigenvalue weighted by molar-refractivity contribution is -0.384. The molecule has 0 aliphatic heterocycles. The van der Waals surface area contributed by atoms with Crippen LogP contribution < -0.4 is 5.32 Å². The van der Waals surface area contributed by atoms with E-state index in [1.54, 1.807) is 12.1 Å². The highest BCUT2D eigenvalue weighted by Gasteiger charge is 2.19. The smallest absolute Gasteiger partial charge is 0.338 e. The fourth-order valence-corrected chi connectivity index (χ4v) is 2.54. The number of amides is 1. The predicted molar refractivity (Wildman–Crippen MR) is 97.5 cm³/mol. The van der Waals surface area contributed by atoms with E-state index in [4.69, 9.17) is 0 Å². The Morgan fingerprint density at radius 1 is 1.19 bits per heavy atom. The Bertz CT molecular complexity index is 848. The van der Waals surface area contributed by atoms with Gasteiger partial charge in [-0.3, -0.25) is 14.9 Å². The fraction of sp³-hybridized carbons (Fsp3) is 0.263. The summed E-state index contributed by atoms with van der Waals surface area (Å²) in [6.07, 6.45) is 0.899. The van der Waals surface area contributed by atoms with E-state index < -0.39 is 16.8 Å². The van der Waals surface area contributed by atoms with E-state index in [-0.39, 0.29) is 22.7 Å². The van der Waals surface area contributed by atoms with Crippen LogP contribution in [0.2, 0.25) is 0 Å². The van der Waals surface area contributed by atoms with Gasteiger partial charge in [-0.05, 0) is 30.0 Å². The minimum atomic E-state index is -0.747. The molecule has 7 nitrogen and oxygen atoms in total. The summed E-state index contributed by atoms with van der Waals surface area (Å²) in [5.41, 5.74) is 1.22. The third-order valence-electron chi connectivity index (χ3n) is 4.16. The SMILES string of the molecule is CC[C@H](C)c1ccccc1NC(=O)c1cc(C(=O)OC)cc([N+](=O)[O-])c1. The van der Waals surface area contributed by atoms with Crippen LogP contribution in [0.5, 0.6) is 0 Å². The van der Waals surface area contributed by atoms with Gasteiger partial charge in [-0.15, -0.1) is 0 Å². The van der Waals surface area contributed by atoms with Crippen molar-refractivity contribution in [2.75, 3.05) is 12.4 Å². The van der Waals surface area contributed by atoms with E-state index in [0.717, 1.165) is 24.1 Å². The van der Waals surface area contributed by atoms with Crippen LogP contribution >= 0.6 is 0 Å². The summed E-state index contributed by atoms with van der Waals surface area (Å²) in [6, 6.07) is 10.9. The molecule has 1 N–H and O–H groups in total. The molecule has 1 atom stereocenters. The second-order valence-electron chi connectivity index (χ2n) is 5.87. The third-order valence-corrected chi connectivity index (χ3v) is 4.16. The largest absolute Gasteiger partial charge is 0.465 e. The van der Waals surface area contributed by atoms with Crippen LogP contribution in [-0.2, 0) is 4.74 Å². The number of nitrogens with one attached hydrogen (secondary N) is 1. The molecule has 2 aromatic carbocycles. The number of benzene rings is 2. The number of non-ortho nitro benzene ring substituents is 1. The number of hydrogen-bond acceptors (Lipinski definition) is 5. The lowest BCUT2D eigenvalue weighted by Crippen LogP contribution is -2.15. The second-order valence-corrected chi connectivity index (χ2v) is 5.87.